The summed E-state index contributed by atoms with van der Waals surface area (Å²) in [5.41, 5.74) is -0.116. The zero-order chi connectivity index (χ0) is 12.8. The van der Waals surface area contributed by atoms with Crippen molar-refractivity contribution in [2.45, 2.75) is 13.3 Å². The Morgan fingerprint density at radius 3 is 2.88 bits per heavy atom. The summed E-state index contributed by atoms with van der Waals surface area (Å²) in [5.74, 6) is -0.513. The Kier molecular flexibility index (Phi) is 4.97. The van der Waals surface area contributed by atoms with Crippen molar-refractivity contribution in [3.8, 4) is 0 Å². The molecule has 0 aliphatic heterocycles. The number of carbonyl (C=O) groups is 1. The first-order valence-corrected chi connectivity index (χ1v) is 5.73. The van der Waals surface area contributed by atoms with Gasteiger partial charge in [0.25, 0.3) is 0 Å². The van der Waals surface area contributed by atoms with Crippen molar-refractivity contribution in [3.05, 3.63) is 35.5 Å². The van der Waals surface area contributed by atoms with Gasteiger partial charge in [-0.2, -0.15) is 0 Å². The molecule has 0 saturated carbocycles. The lowest BCUT2D eigenvalue weighted by Gasteiger charge is -2.21. The molecule has 4 nitrogen and oxygen atoms in total. The molecule has 0 aromatic carbocycles. The summed E-state index contributed by atoms with van der Waals surface area (Å²) in [7, 11) is 0. The zero-order valence-corrected chi connectivity index (χ0v) is 10.4. The molecular formula is C12H15ClN2O2. The van der Waals surface area contributed by atoms with Gasteiger partial charge in [0.05, 0.1) is 5.02 Å². The molecule has 0 saturated heterocycles. The summed E-state index contributed by atoms with van der Waals surface area (Å²) in [6.07, 6.45) is 2.70. The lowest BCUT2D eigenvalue weighted by Crippen LogP contribution is -2.25. The fourth-order valence-corrected chi connectivity index (χ4v) is 1.67. The predicted octanol–water partition coefficient (Wildman–Crippen LogP) is 2.84. The number of aromatic carboxylic acids is 1. The van der Waals surface area contributed by atoms with E-state index in [0.29, 0.717) is 12.4 Å². The van der Waals surface area contributed by atoms with Crippen molar-refractivity contribution in [1.29, 1.82) is 0 Å². The molecule has 1 aromatic rings. The van der Waals surface area contributed by atoms with Crippen LogP contribution >= 0.6 is 11.6 Å². The van der Waals surface area contributed by atoms with Crippen molar-refractivity contribution < 1.29 is 9.90 Å². The number of nitrogens with zero attached hydrogens (tertiary/aromatic N) is 2. The van der Waals surface area contributed by atoms with Gasteiger partial charge in [0.2, 0.25) is 0 Å². The molecule has 17 heavy (non-hydrogen) atoms. The second-order valence-electron chi connectivity index (χ2n) is 3.54. The molecule has 0 spiro atoms. The molecule has 0 aliphatic carbocycles. The Bertz CT molecular complexity index is 421. The van der Waals surface area contributed by atoms with Crippen molar-refractivity contribution in [2.24, 2.45) is 0 Å². The van der Waals surface area contributed by atoms with Crippen LogP contribution in [-0.2, 0) is 0 Å². The topological polar surface area (TPSA) is 53.4 Å². The molecule has 1 N–H and O–H groups in total. The van der Waals surface area contributed by atoms with Gasteiger partial charge < -0.3 is 10.0 Å². The van der Waals surface area contributed by atoms with Gasteiger partial charge >= 0.3 is 5.97 Å². The number of hydrogen-bond acceptors (Lipinski definition) is 3. The van der Waals surface area contributed by atoms with Crippen LogP contribution in [0.2, 0.25) is 5.02 Å². The molecule has 0 bridgehead atoms. The highest BCUT2D eigenvalue weighted by Crippen LogP contribution is 2.19. The molecule has 1 rings (SSSR count). The van der Waals surface area contributed by atoms with Crippen LogP contribution in [0.4, 0.5) is 5.82 Å². The molecule has 0 unspecified atom stereocenters. The number of anilines is 1. The van der Waals surface area contributed by atoms with E-state index in [0.717, 1.165) is 13.0 Å². The standard InChI is InChI=1S/C12H15ClN2O2/c1-3-7-15(8-4-2)10-6-5-9(13)11(14-10)12(16)17/h3,5-6H,1,4,7-8H2,2H3,(H,16,17). The van der Waals surface area contributed by atoms with Gasteiger partial charge in [0.15, 0.2) is 5.69 Å². The molecule has 0 fully saturated rings. The molecule has 5 heteroatoms. The van der Waals surface area contributed by atoms with Crippen LogP contribution in [0.25, 0.3) is 0 Å². The minimum atomic E-state index is -1.12. The van der Waals surface area contributed by atoms with Gasteiger partial charge in [-0.15, -0.1) is 6.58 Å². The van der Waals surface area contributed by atoms with E-state index < -0.39 is 5.97 Å². The summed E-state index contributed by atoms with van der Waals surface area (Å²) < 4.78 is 0. The van der Waals surface area contributed by atoms with E-state index in [2.05, 4.69) is 11.6 Å². The minimum absolute atomic E-state index is 0.116. The SMILES string of the molecule is C=CCN(CCC)c1ccc(Cl)c(C(=O)O)n1. The van der Waals surface area contributed by atoms with E-state index in [1.54, 1.807) is 18.2 Å². The maximum absolute atomic E-state index is 10.9. The van der Waals surface area contributed by atoms with Gasteiger partial charge in [0, 0.05) is 13.1 Å². The van der Waals surface area contributed by atoms with Crippen LogP contribution in [0.1, 0.15) is 23.8 Å². The number of rotatable bonds is 6. The van der Waals surface area contributed by atoms with E-state index in [1.807, 2.05) is 11.8 Å². The van der Waals surface area contributed by atoms with Crippen LogP contribution in [0, 0.1) is 0 Å². The van der Waals surface area contributed by atoms with E-state index in [4.69, 9.17) is 16.7 Å². The highest BCUT2D eigenvalue weighted by molar-refractivity contribution is 6.33. The van der Waals surface area contributed by atoms with Crippen molar-refractivity contribution in [3.63, 3.8) is 0 Å². The van der Waals surface area contributed by atoms with Gasteiger partial charge in [-0.05, 0) is 18.6 Å². The van der Waals surface area contributed by atoms with E-state index in [9.17, 15) is 4.79 Å². The lowest BCUT2D eigenvalue weighted by molar-refractivity contribution is 0.0691. The maximum Gasteiger partial charge on any atom is 0.356 e. The van der Waals surface area contributed by atoms with Crippen molar-refractivity contribution in [2.75, 3.05) is 18.0 Å². The molecule has 92 valence electrons. The number of carboxylic acids is 1. The number of aromatic nitrogens is 1. The zero-order valence-electron chi connectivity index (χ0n) is 9.69. The highest BCUT2D eigenvalue weighted by Gasteiger charge is 2.14. The highest BCUT2D eigenvalue weighted by atomic mass is 35.5. The van der Waals surface area contributed by atoms with Gasteiger partial charge in [-0.25, -0.2) is 9.78 Å². The van der Waals surface area contributed by atoms with Gasteiger partial charge in [-0.3, -0.25) is 0 Å². The van der Waals surface area contributed by atoms with Gasteiger partial charge in [0.1, 0.15) is 5.82 Å². The molecule has 0 aliphatic rings. The Hall–Kier alpha value is -1.55. The average Bonchev–Trinajstić information content (AvgIpc) is 2.29. The number of halogens is 1. The van der Waals surface area contributed by atoms with Crippen LogP contribution in [-0.4, -0.2) is 29.1 Å². The largest absolute Gasteiger partial charge is 0.476 e. The third-order valence-electron chi connectivity index (χ3n) is 2.20. The monoisotopic (exact) mass is 254 g/mol. The predicted molar refractivity (Wildman–Crippen MR) is 68.9 cm³/mol. The summed E-state index contributed by atoms with van der Waals surface area (Å²) in [6.45, 7) is 7.14. The first-order valence-electron chi connectivity index (χ1n) is 5.35. The van der Waals surface area contributed by atoms with E-state index in [1.165, 1.54) is 0 Å². The molecule has 1 heterocycles. The van der Waals surface area contributed by atoms with Crippen LogP contribution < -0.4 is 4.90 Å². The number of pyridine rings is 1. The number of hydrogen-bond donors (Lipinski definition) is 1. The Balaban J connectivity index is 3.07. The third-order valence-corrected chi connectivity index (χ3v) is 2.51. The quantitative estimate of drug-likeness (QED) is 0.793. The second kappa shape index (κ2) is 6.25. The molecular weight excluding hydrogens is 240 g/mol. The maximum atomic E-state index is 10.9. The minimum Gasteiger partial charge on any atom is -0.476 e. The molecule has 0 atom stereocenters. The van der Waals surface area contributed by atoms with Crippen LogP contribution in [0.5, 0.6) is 0 Å². The van der Waals surface area contributed by atoms with Crippen LogP contribution in [0.15, 0.2) is 24.8 Å². The summed E-state index contributed by atoms with van der Waals surface area (Å²) >= 11 is 5.77. The smallest absolute Gasteiger partial charge is 0.356 e. The first-order chi connectivity index (χ1) is 8.10. The Labute approximate surface area is 106 Å². The summed E-state index contributed by atoms with van der Waals surface area (Å²) in [5, 5.41) is 9.10. The molecule has 0 radical (unpaired) electrons. The molecule has 1 aromatic heterocycles. The summed E-state index contributed by atoms with van der Waals surface area (Å²) in [6, 6.07) is 3.27. The Morgan fingerprint density at radius 1 is 1.65 bits per heavy atom. The van der Waals surface area contributed by atoms with Crippen molar-refractivity contribution >= 4 is 23.4 Å². The van der Waals surface area contributed by atoms with Gasteiger partial charge in [-0.1, -0.05) is 24.6 Å². The van der Waals surface area contributed by atoms with Crippen LogP contribution in [0.3, 0.4) is 0 Å². The number of carboxylic acid groups (broad SMARTS) is 1. The first kappa shape index (κ1) is 13.5. The lowest BCUT2D eigenvalue weighted by atomic mass is 10.3. The fourth-order valence-electron chi connectivity index (χ4n) is 1.48. The molecule has 0 amide bonds. The van der Waals surface area contributed by atoms with E-state index in [-0.39, 0.29) is 10.7 Å². The third kappa shape index (κ3) is 3.46. The summed E-state index contributed by atoms with van der Waals surface area (Å²) in [4.78, 5) is 16.9. The Morgan fingerprint density at radius 2 is 2.35 bits per heavy atom. The van der Waals surface area contributed by atoms with E-state index >= 15 is 0 Å². The fraction of sp³-hybridized carbons (Fsp3) is 0.333. The average molecular weight is 255 g/mol. The second-order valence-corrected chi connectivity index (χ2v) is 3.95. The van der Waals surface area contributed by atoms with Crippen molar-refractivity contribution in [1.82, 2.24) is 4.98 Å². The normalized spacial score (nSPS) is 10.0.